The molecule has 0 saturated heterocycles. The average Bonchev–Trinajstić information content (AvgIpc) is 2.99. The van der Waals surface area contributed by atoms with E-state index in [0.29, 0.717) is 22.3 Å². The molecule has 2 heterocycles. The summed E-state index contributed by atoms with van der Waals surface area (Å²) in [7, 11) is 0. The lowest BCUT2D eigenvalue weighted by atomic mass is 10.1. The van der Waals surface area contributed by atoms with Gasteiger partial charge in [-0.2, -0.15) is 10.5 Å². The van der Waals surface area contributed by atoms with Crippen LogP contribution in [0.4, 0.5) is 5.69 Å². The zero-order valence-corrected chi connectivity index (χ0v) is 15.5. The van der Waals surface area contributed by atoms with Crippen LogP contribution in [0.5, 0.6) is 0 Å². The second-order valence-corrected chi connectivity index (χ2v) is 6.81. The fraction of sp³-hybridized carbons (Fsp3) is 0.250. The van der Waals surface area contributed by atoms with Crippen LogP contribution in [0.15, 0.2) is 35.1 Å². The Labute approximate surface area is 155 Å². The molecule has 3 rings (SSSR count). The number of likely N-dealkylation sites (N-methyl/N-ethyl adjacent to an activating group) is 1. The van der Waals surface area contributed by atoms with Crippen LogP contribution in [0.25, 0.3) is 17.3 Å². The van der Waals surface area contributed by atoms with Crippen LogP contribution in [0.1, 0.15) is 25.8 Å². The minimum atomic E-state index is -0.146. The highest BCUT2D eigenvalue weighted by Crippen LogP contribution is 2.30. The topological polar surface area (TPSA) is 72.8 Å². The summed E-state index contributed by atoms with van der Waals surface area (Å²) in [5, 5.41) is 18.5. The van der Waals surface area contributed by atoms with Crippen LogP contribution in [0.2, 0.25) is 0 Å². The van der Waals surface area contributed by atoms with Crippen molar-refractivity contribution in [2.75, 3.05) is 11.4 Å². The highest BCUT2D eigenvalue weighted by atomic mass is 32.1. The van der Waals surface area contributed by atoms with Gasteiger partial charge in [-0.1, -0.05) is 31.2 Å². The molecule has 1 aliphatic heterocycles. The molecule has 2 aromatic rings. The Morgan fingerprint density at radius 1 is 1.15 bits per heavy atom. The molecule has 0 radical (unpaired) electrons. The summed E-state index contributed by atoms with van der Waals surface area (Å²) in [6.45, 7) is 5.20. The van der Waals surface area contributed by atoms with Crippen molar-refractivity contribution in [1.82, 2.24) is 4.57 Å². The Hall–Kier alpha value is -3.09. The lowest BCUT2D eigenvalue weighted by Crippen LogP contribution is -2.36. The van der Waals surface area contributed by atoms with E-state index in [-0.39, 0.29) is 11.1 Å². The molecular formula is C20H18N4OS. The standard InChI is InChI=1S/C20H18N4OS/c1-3-11-24-19(25)18(26-20(24)15(12-21)13-22)17-10-9-14-7-5-6-8-16(14)23(17)4-2/h5-10H,3-4,11H2,1-2H3/b18-17-. The van der Waals surface area contributed by atoms with Gasteiger partial charge >= 0.3 is 0 Å². The van der Waals surface area contributed by atoms with Crippen molar-refractivity contribution in [3.05, 3.63) is 55.5 Å². The molecule has 5 nitrogen and oxygen atoms in total. The second-order valence-electron chi connectivity index (χ2n) is 5.81. The predicted molar refractivity (Wildman–Crippen MR) is 105 cm³/mol. The van der Waals surface area contributed by atoms with Crippen molar-refractivity contribution in [3.63, 3.8) is 0 Å². The Bertz CT molecular complexity index is 1120. The van der Waals surface area contributed by atoms with Crippen molar-refractivity contribution < 1.29 is 0 Å². The molecule has 26 heavy (non-hydrogen) atoms. The number of para-hydroxylation sites is 1. The second kappa shape index (κ2) is 7.43. The number of thiazole rings is 1. The van der Waals surface area contributed by atoms with Gasteiger partial charge in [-0.05, 0) is 31.1 Å². The number of aromatic nitrogens is 1. The first-order valence-electron chi connectivity index (χ1n) is 8.49. The van der Waals surface area contributed by atoms with Crippen LogP contribution >= 0.6 is 11.3 Å². The van der Waals surface area contributed by atoms with E-state index < -0.39 is 0 Å². The Kier molecular flexibility index (Phi) is 5.06. The van der Waals surface area contributed by atoms with E-state index in [1.54, 1.807) is 4.57 Å². The Balaban J connectivity index is 2.40. The first-order chi connectivity index (χ1) is 12.7. The van der Waals surface area contributed by atoms with Gasteiger partial charge in [0.2, 0.25) is 0 Å². The first-order valence-corrected chi connectivity index (χ1v) is 9.31. The highest BCUT2D eigenvalue weighted by Gasteiger charge is 2.19. The largest absolute Gasteiger partial charge is 0.340 e. The maximum absolute atomic E-state index is 13.0. The predicted octanol–water partition coefficient (Wildman–Crippen LogP) is 2.18. The van der Waals surface area contributed by atoms with Crippen LogP contribution in [0, 0.1) is 22.7 Å². The fourth-order valence-corrected chi connectivity index (χ4v) is 4.26. The zero-order chi connectivity index (χ0) is 18.7. The zero-order valence-electron chi connectivity index (χ0n) is 14.7. The number of rotatable bonds is 3. The Morgan fingerprint density at radius 2 is 1.88 bits per heavy atom. The molecule has 6 heteroatoms. The Morgan fingerprint density at radius 3 is 2.54 bits per heavy atom. The quantitative estimate of drug-likeness (QED) is 0.839. The number of benzene rings is 1. The first kappa shape index (κ1) is 17.7. The number of hydrogen-bond acceptors (Lipinski definition) is 5. The lowest BCUT2D eigenvalue weighted by Gasteiger charge is -2.28. The smallest absolute Gasteiger partial charge is 0.271 e. The van der Waals surface area contributed by atoms with E-state index in [9.17, 15) is 15.3 Å². The summed E-state index contributed by atoms with van der Waals surface area (Å²) in [5.41, 5.74) is 2.80. The third-order valence-electron chi connectivity index (χ3n) is 4.26. The van der Waals surface area contributed by atoms with Gasteiger partial charge in [-0.25, -0.2) is 0 Å². The molecule has 1 aromatic heterocycles. The lowest BCUT2D eigenvalue weighted by molar-refractivity contribution is 0.649. The SMILES string of the molecule is CCCn1c(=C(C#N)C#N)s/c(=C2/C=Cc3ccccc3N2CC)c1=O. The molecule has 0 unspecified atom stereocenters. The van der Waals surface area contributed by atoms with E-state index in [1.807, 2.05) is 62.4 Å². The summed E-state index contributed by atoms with van der Waals surface area (Å²) < 4.78 is 2.55. The van der Waals surface area contributed by atoms with Gasteiger partial charge in [-0.15, -0.1) is 11.3 Å². The molecule has 0 bridgehead atoms. The van der Waals surface area contributed by atoms with Gasteiger partial charge in [0.05, 0.1) is 5.70 Å². The summed E-state index contributed by atoms with van der Waals surface area (Å²) in [6.07, 6.45) is 4.69. The van der Waals surface area contributed by atoms with Crippen LogP contribution in [0.3, 0.4) is 0 Å². The van der Waals surface area contributed by atoms with E-state index >= 15 is 0 Å². The van der Waals surface area contributed by atoms with Gasteiger partial charge in [0.1, 0.15) is 21.3 Å². The van der Waals surface area contributed by atoms with Crippen LogP contribution in [-0.4, -0.2) is 11.1 Å². The molecule has 0 aliphatic carbocycles. The maximum Gasteiger partial charge on any atom is 0.271 e. The van der Waals surface area contributed by atoms with Gasteiger partial charge in [-0.3, -0.25) is 9.36 Å². The minimum absolute atomic E-state index is 0.0179. The summed E-state index contributed by atoms with van der Waals surface area (Å²) >= 11 is 1.22. The molecular weight excluding hydrogens is 344 g/mol. The normalized spacial score (nSPS) is 14.5. The number of hydrogen-bond donors (Lipinski definition) is 0. The molecule has 0 N–H and O–H groups in total. The third kappa shape index (κ3) is 2.85. The number of anilines is 1. The van der Waals surface area contributed by atoms with Crippen LogP contribution in [-0.2, 0) is 6.54 Å². The highest BCUT2D eigenvalue weighted by molar-refractivity contribution is 7.07. The van der Waals surface area contributed by atoms with Gasteiger partial charge in [0.15, 0.2) is 5.57 Å². The van der Waals surface area contributed by atoms with Crippen molar-refractivity contribution in [1.29, 1.82) is 10.5 Å². The minimum Gasteiger partial charge on any atom is -0.340 e. The average molecular weight is 362 g/mol. The molecule has 0 amide bonds. The van der Waals surface area contributed by atoms with Crippen molar-refractivity contribution in [3.8, 4) is 12.1 Å². The van der Waals surface area contributed by atoms with Crippen molar-refractivity contribution in [2.24, 2.45) is 0 Å². The molecule has 1 aliphatic rings. The molecule has 0 saturated carbocycles. The number of nitrogens with zero attached hydrogens (tertiary/aromatic N) is 4. The molecule has 0 spiro atoms. The fourth-order valence-electron chi connectivity index (χ4n) is 3.11. The van der Waals surface area contributed by atoms with E-state index in [0.717, 1.165) is 23.4 Å². The van der Waals surface area contributed by atoms with Gasteiger partial charge in [0.25, 0.3) is 5.56 Å². The molecule has 0 atom stereocenters. The summed E-state index contributed by atoms with van der Waals surface area (Å²) in [4.78, 5) is 15.1. The third-order valence-corrected chi connectivity index (χ3v) is 5.46. The number of fused-ring (bicyclic) bond motifs is 1. The van der Waals surface area contributed by atoms with E-state index in [4.69, 9.17) is 0 Å². The molecule has 0 fully saturated rings. The van der Waals surface area contributed by atoms with E-state index in [2.05, 4.69) is 4.90 Å². The summed E-state index contributed by atoms with van der Waals surface area (Å²) in [5.74, 6) is 0. The van der Waals surface area contributed by atoms with E-state index in [1.165, 1.54) is 11.3 Å². The number of nitriles is 2. The van der Waals surface area contributed by atoms with Crippen molar-refractivity contribution in [2.45, 2.75) is 26.8 Å². The monoisotopic (exact) mass is 362 g/mol. The van der Waals surface area contributed by atoms with Gasteiger partial charge in [0, 0.05) is 18.8 Å². The molecule has 1 aromatic carbocycles. The molecule has 130 valence electrons. The van der Waals surface area contributed by atoms with Gasteiger partial charge < -0.3 is 4.90 Å². The maximum atomic E-state index is 13.0. The van der Waals surface area contributed by atoms with Crippen LogP contribution < -0.4 is 19.7 Å². The summed E-state index contributed by atoms with van der Waals surface area (Å²) in [6, 6.07) is 11.9. The van der Waals surface area contributed by atoms with Crippen molar-refractivity contribution >= 4 is 34.4 Å².